The van der Waals surface area contributed by atoms with Crippen LogP contribution in [0.5, 0.6) is 0 Å². The van der Waals surface area contributed by atoms with Gasteiger partial charge in [0.05, 0.1) is 6.54 Å². The van der Waals surface area contributed by atoms with Crippen molar-refractivity contribution in [2.24, 2.45) is 0 Å². The summed E-state index contributed by atoms with van der Waals surface area (Å²) in [6.45, 7) is 0.315. The number of hydrogen-bond acceptors (Lipinski definition) is 2. The lowest BCUT2D eigenvalue weighted by Gasteiger charge is -2.07. The predicted octanol–water partition coefficient (Wildman–Crippen LogP) is 1.24. The number of nitrogens with zero attached hydrogens (tertiary/aromatic N) is 1. The lowest BCUT2D eigenvalue weighted by Crippen LogP contribution is -2.18. The SMILES string of the molecule is O=c1ccccn1Cc1ccccc1C#CCO. The molecule has 0 saturated heterocycles. The first kappa shape index (κ1) is 12.2. The normalized spacial score (nSPS) is 9.61. The standard InChI is InChI=1S/C15H13NO2/c17-11-5-8-13-6-1-2-7-14(13)12-16-10-4-3-9-15(16)18/h1-4,6-7,9-10,17H,11-12H2. The van der Waals surface area contributed by atoms with Crippen LogP contribution >= 0.6 is 0 Å². The molecule has 0 aliphatic carbocycles. The van der Waals surface area contributed by atoms with Gasteiger partial charge in [0, 0.05) is 17.8 Å². The van der Waals surface area contributed by atoms with E-state index >= 15 is 0 Å². The van der Waals surface area contributed by atoms with Crippen LogP contribution in [0.1, 0.15) is 11.1 Å². The second-order valence-electron chi connectivity index (χ2n) is 3.78. The summed E-state index contributed by atoms with van der Waals surface area (Å²) in [5, 5.41) is 8.72. The van der Waals surface area contributed by atoms with Gasteiger partial charge in [0.2, 0.25) is 0 Å². The minimum absolute atomic E-state index is 0.0394. The van der Waals surface area contributed by atoms with Crippen LogP contribution in [-0.4, -0.2) is 16.3 Å². The van der Waals surface area contributed by atoms with E-state index in [4.69, 9.17) is 5.11 Å². The largest absolute Gasteiger partial charge is 0.384 e. The summed E-state index contributed by atoms with van der Waals surface area (Å²) < 4.78 is 1.62. The molecule has 1 N–H and O–H groups in total. The molecule has 18 heavy (non-hydrogen) atoms. The van der Waals surface area contributed by atoms with Crippen LogP contribution in [0.15, 0.2) is 53.5 Å². The molecule has 2 rings (SSSR count). The van der Waals surface area contributed by atoms with E-state index in [1.165, 1.54) is 6.07 Å². The van der Waals surface area contributed by atoms with E-state index in [0.717, 1.165) is 11.1 Å². The van der Waals surface area contributed by atoms with Gasteiger partial charge in [-0.1, -0.05) is 36.1 Å². The van der Waals surface area contributed by atoms with Crippen molar-refractivity contribution in [1.29, 1.82) is 0 Å². The van der Waals surface area contributed by atoms with E-state index < -0.39 is 0 Å². The molecule has 0 unspecified atom stereocenters. The Labute approximate surface area is 105 Å². The summed E-state index contributed by atoms with van der Waals surface area (Å²) in [4.78, 5) is 11.6. The maximum absolute atomic E-state index is 11.6. The molecule has 3 nitrogen and oxygen atoms in total. The number of aliphatic hydroxyl groups excluding tert-OH is 1. The van der Waals surface area contributed by atoms with Crippen LogP contribution in [0, 0.1) is 11.8 Å². The first-order valence-corrected chi connectivity index (χ1v) is 5.64. The average Bonchev–Trinajstić information content (AvgIpc) is 2.40. The zero-order chi connectivity index (χ0) is 12.8. The first-order chi connectivity index (χ1) is 8.81. The fourth-order valence-corrected chi connectivity index (χ4v) is 1.69. The molecule has 1 heterocycles. The number of aliphatic hydroxyl groups is 1. The fourth-order valence-electron chi connectivity index (χ4n) is 1.69. The van der Waals surface area contributed by atoms with Crippen LogP contribution in [0.3, 0.4) is 0 Å². The van der Waals surface area contributed by atoms with Crippen LogP contribution < -0.4 is 5.56 Å². The van der Waals surface area contributed by atoms with Crippen molar-refractivity contribution in [3.63, 3.8) is 0 Å². The maximum Gasteiger partial charge on any atom is 0.250 e. The van der Waals surface area contributed by atoms with Gasteiger partial charge < -0.3 is 9.67 Å². The third-order valence-corrected chi connectivity index (χ3v) is 2.56. The molecule has 1 aromatic carbocycles. The second kappa shape index (κ2) is 5.85. The summed E-state index contributed by atoms with van der Waals surface area (Å²) in [5.74, 6) is 5.51. The van der Waals surface area contributed by atoms with Crippen molar-refractivity contribution in [3.05, 3.63) is 70.1 Å². The maximum atomic E-state index is 11.6. The first-order valence-electron chi connectivity index (χ1n) is 5.64. The molecule has 0 aliphatic heterocycles. The lowest BCUT2D eigenvalue weighted by molar-refractivity contribution is 0.350. The van der Waals surface area contributed by atoms with Crippen molar-refractivity contribution in [1.82, 2.24) is 4.57 Å². The molecule has 2 aromatic rings. The van der Waals surface area contributed by atoms with Gasteiger partial charge >= 0.3 is 0 Å². The zero-order valence-electron chi connectivity index (χ0n) is 9.84. The van der Waals surface area contributed by atoms with Crippen LogP contribution in [0.4, 0.5) is 0 Å². The molecular weight excluding hydrogens is 226 g/mol. The van der Waals surface area contributed by atoms with Gasteiger partial charge in [-0.3, -0.25) is 4.79 Å². The predicted molar refractivity (Wildman–Crippen MR) is 70.2 cm³/mol. The molecule has 3 heteroatoms. The number of aromatic nitrogens is 1. The fraction of sp³-hybridized carbons (Fsp3) is 0.133. The van der Waals surface area contributed by atoms with Crippen LogP contribution in [0.25, 0.3) is 0 Å². The number of benzene rings is 1. The Bertz CT molecular complexity index is 647. The van der Waals surface area contributed by atoms with Gasteiger partial charge in [-0.05, 0) is 17.7 Å². The second-order valence-corrected chi connectivity index (χ2v) is 3.78. The highest BCUT2D eigenvalue weighted by Gasteiger charge is 2.01. The highest BCUT2D eigenvalue weighted by Crippen LogP contribution is 2.08. The third-order valence-electron chi connectivity index (χ3n) is 2.56. The molecule has 0 aliphatic rings. The van der Waals surface area contributed by atoms with Crippen LogP contribution in [-0.2, 0) is 6.54 Å². The quantitative estimate of drug-likeness (QED) is 0.801. The van der Waals surface area contributed by atoms with Gasteiger partial charge in [-0.2, -0.15) is 0 Å². The average molecular weight is 239 g/mol. The number of rotatable bonds is 2. The Kier molecular flexibility index (Phi) is 3.95. The van der Waals surface area contributed by atoms with Crippen molar-refractivity contribution < 1.29 is 5.11 Å². The summed E-state index contributed by atoms with van der Waals surface area (Å²) in [6.07, 6.45) is 1.75. The monoisotopic (exact) mass is 239 g/mol. The molecule has 90 valence electrons. The van der Waals surface area contributed by atoms with Crippen LogP contribution in [0.2, 0.25) is 0 Å². The zero-order valence-corrected chi connectivity index (χ0v) is 9.84. The molecular formula is C15H13NO2. The molecule has 0 radical (unpaired) electrons. The summed E-state index contributed by atoms with van der Waals surface area (Å²) in [7, 11) is 0. The van der Waals surface area contributed by atoms with Gasteiger partial charge in [-0.25, -0.2) is 0 Å². The Morgan fingerprint density at radius 2 is 1.89 bits per heavy atom. The van der Waals surface area contributed by atoms with E-state index in [2.05, 4.69) is 11.8 Å². The van der Waals surface area contributed by atoms with E-state index in [9.17, 15) is 4.79 Å². The minimum atomic E-state index is -0.167. The molecule has 1 aromatic heterocycles. The van der Waals surface area contributed by atoms with Crippen molar-refractivity contribution in [2.45, 2.75) is 6.54 Å². The Hall–Kier alpha value is -2.31. The smallest absolute Gasteiger partial charge is 0.250 e. The Morgan fingerprint density at radius 1 is 1.11 bits per heavy atom. The van der Waals surface area contributed by atoms with E-state index in [1.807, 2.05) is 30.3 Å². The molecule has 0 bridgehead atoms. The van der Waals surface area contributed by atoms with Gasteiger partial charge in [-0.15, -0.1) is 0 Å². The molecule has 0 saturated carbocycles. The van der Waals surface area contributed by atoms with E-state index in [0.29, 0.717) is 6.54 Å². The topological polar surface area (TPSA) is 42.2 Å². The molecule has 0 atom stereocenters. The van der Waals surface area contributed by atoms with Gasteiger partial charge in [0.1, 0.15) is 6.61 Å². The minimum Gasteiger partial charge on any atom is -0.384 e. The highest BCUT2D eigenvalue weighted by atomic mass is 16.2. The van der Waals surface area contributed by atoms with E-state index in [-0.39, 0.29) is 12.2 Å². The van der Waals surface area contributed by atoms with E-state index in [1.54, 1.807) is 16.8 Å². The summed E-state index contributed by atoms with van der Waals surface area (Å²) >= 11 is 0. The Balaban J connectivity index is 2.35. The number of pyridine rings is 1. The van der Waals surface area contributed by atoms with Crippen molar-refractivity contribution >= 4 is 0 Å². The van der Waals surface area contributed by atoms with Crippen molar-refractivity contribution in [3.8, 4) is 11.8 Å². The summed E-state index contributed by atoms with van der Waals surface area (Å²) in [5.41, 5.74) is 1.76. The van der Waals surface area contributed by atoms with Gasteiger partial charge in [0.25, 0.3) is 5.56 Å². The van der Waals surface area contributed by atoms with Crippen molar-refractivity contribution in [2.75, 3.05) is 6.61 Å². The third kappa shape index (κ3) is 2.88. The molecule has 0 spiro atoms. The van der Waals surface area contributed by atoms with Gasteiger partial charge in [0.15, 0.2) is 0 Å². The Morgan fingerprint density at radius 3 is 2.67 bits per heavy atom. The lowest BCUT2D eigenvalue weighted by atomic mass is 10.1. The molecule has 0 fully saturated rings. The summed E-state index contributed by atoms with van der Waals surface area (Å²) in [6, 6.07) is 12.7. The number of hydrogen-bond donors (Lipinski definition) is 1. The highest BCUT2D eigenvalue weighted by molar-refractivity contribution is 5.41. The molecule has 0 amide bonds.